The average molecular weight is 435 g/mol. The molecule has 1 N–H and O–H groups in total. The number of hydrogen-bond donors (Lipinski definition) is 1. The molecule has 3 aromatic carbocycles. The van der Waals surface area contributed by atoms with Crippen molar-refractivity contribution < 1.29 is 28.5 Å². The minimum Gasteiger partial charge on any atom is -0.495 e. The summed E-state index contributed by atoms with van der Waals surface area (Å²) in [6, 6.07) is 21.1. The summed E-state index contributed by atoms with van der Waals surface area (Å²) in [5, 5.41) is 2.80. The van der Waals surface area contributed by atoms with Crippen molar-refractivity contribution in [1.29, 1.82) is 0 Å². The Hall–Kier alpha value is -4.00. The molecule has 166 valence electrons. The van der Waals surface area contributed by atoms with E-state index in [9.17, 15) is 9.59 Å². The Labute approximate surface area is 186 Å². The number of anilines is 1. The van der Waals surface area contributed by atoms with E-state index in [1.54, 1.807) is 60.7 Å². The van der Waals surface area contributed by atoms with Crippen LogP contribution in [0.2, 0.25) is 0 Å². The zero-order valence-corrected chi connectivity index (χ0v) is 18.2. The summed E-state index contributed by atoms with van der Waals surface area (Å²) in [5.41, 5.74) is 1.96. The number of carbonyl (C=O) groups is 2. The standard InChI is InChI=1S/C25H25NO6/c1-17-13-14-20(29-2)19(15-17)26-25(28)24(18-9-5-4-6-10-18)32-23(27)16-31-22-12-8-7-11-21(22)30-3/h4-15,24H,16H2,1-3H3,(H,26,28). The van der Waals surface area contributed by atoms with Gasteiger partial charge in [-0.15, -0.1) is 0 Å². The lowest BCUT2D eigenvalue weighted by Crippen LogP contribution is -2.28. The molecule has 3 aromatic rings. The average Bonchev–Trinajstić information content (AvgIpc) is 2.82. The molecule has 0 aromatic heterocycles. The van der Waals surface area contributed by atoms with Crippen LogP contribution >= 0.6 is 0 Å². The van der Waals surface area contributed by atoms with Gasteiger partial charge in [-0.05, 0) is 36.8 Å². The number of methoxy groups -OCH3 is 2. The van der Waals surface area contributed by atoms with E-state index < -0.39 is 18.0 Å². The number of nitrogens with one attached hydrogen (secondary N) is 1. The first-order chi connectivity index (χ1) is 15.5. The van der Waals surface area contributed by atoms with Crippen LogP contribution in [0, 0.1) is 6.92 Å². The summed E-state index contributed by atoms with van der Waals surface area (Å²) in [7, 11) is 3.03. The van der Waals surface area contributed by atoms with E-state index in [2.05, 4.69) is 5.32 Å². The molecule has 1 atom stereocenters. The third kappa shape index (κ3) is 5.78. The predicted molar refractivity (Wildman–Crippen MR) is 120 cm³/mol. The van der Waals surface area contributed by atoms with E-state index in [0.29, 0.717) is 28.5 Å². The lowest BCUT2D eigenvalue weighted by Gasteiger charge is -2.19. The van der Waals surface area contributed by atoms with Crippen LogP contribution in [0.5, 0.6) is 17.2 Å². The van der Waals surface area contributed by atoms with Gasteiger partial charge >= 0.3 is 5.97 Å². The monoisotopic (exact) mass is 435 g/mol. The number of para-hydroxylation sites is 2. The molecule has 0 heterocycles. The Morgan fingerprint density at radius 3 is 2.19 bits per heavy atom. The number of ether oxygens (including phenoxy) is 4. The van der Waals surface area contributed by atoms with Gasteiger partial charge in [-0.1, -0.05) is 48.5 Å². The second-order valence-electron chi connectivity index (χ2n) is 6.91. The normalized spacial score (nSPS) is 11.2. The smallest absolute Gasteiger partial charge is 0.345 e. The highest BCUT2D eigenvalue weighted by atomic mass is 16.6. The van der Waals surface area contributed by atoms with Gasteiger partial charge in [0.2, 0.25) is 6.10 Å². The Bertz CT molecular complexity index is 1070. The largest absolute Gasteiger partial charge is 0.495 e. The number of benzene rings is 3. The summed E-state index contributed by atoms with van der Waals surface area (Å²) < 4.78 is 21.6. The third-order valence-electron chi connectivity index (χ3n) is 4.62. The highest BCUT2D eigenvalue weighted by Gasteiger charge is 2.26. The van der Waals surface area contributed by atoms with Crippen molar-refractivity contribution in [2.75, 3.05) is 26.1 Å². The zero-order valence-electron chi connectivity index (χ0n) is 18.2. The van der Waals surface area contributed by atoms with Crippen molar-refractivity contribution in [3.63, 3.8) is 0 Å². The van der Waals surface area contributed by atoms with Crippen LogP contribution in [0.1, 0.15) is 17.2 Å². The molecule has 0 aliphatic carbocycles. The molecule has 7 nitrogen and oxygen atoms in total. The van der Waals surface area contributed by atoms with E-state index >= 15 is 0 Å². The van der Waals surface area contributed by atoms with Gasteiger partial charge in [0.05, 0.1) is 19.9 Å². The second-order valence-corrected chi connectivity index (χ2v) is 6.91. The van der Waals surface area contributed by atoms with Gasteiger partial charge in [0, 0.05) is 5.56 Å². The summed E-state index contributed by atoms with van der Waals surface area (Å²) in [5.74, 6) is 0.185. The van der Waals surface area contributed by atoms with Gasteiger partial charge in [0.1, 0.15) is 5.75 Å². The first-order valence-corrected chi connectivity index (χ1v) is 9.97. The fraction of sp³-hybridized carbons (Fsp3) is 0.200. The van der Waals surface area contributed by atoms with Gasteiger partial charge in [-0.2, -0.15) is 0 Å². The molecule has 7 heteroatoms. The summed E-state index contributed by atoms with van der Waals surface area (Å²) in [6.07, 6.45) is -1.17. The van der Waals surface area contributed by atoms with Gasteiger partial charge in [0.25, 0.3) is 5.91 Å². The molecule has 1 amide bonds. The van der Waals surface area contributed by atoms with Crippen LogP contribution in [0.4, 0.5) is 5.69 Å². The first kappa shape index (κ1) is 22.7. The quantitative estimate of drug-likeness (QED) is 0.504. The van der Waals surface area contributed by atoms with Gasteiger partial charge in [-0.3, -0.25) is 4.79 Å². The fourth-order valence-electron chi connectivity index (χ4n) is 3.06. The lowest BCUT2D eigenvalue weighted by atomic mass is 10.1. The van der Waals surface area contributed by atoms with Crippen LogP contribution in [0.15, 0.2) is 72.8 Å². The van der Waals surface area contributed by atoms with E-state index in [4.69, 9.17) is 18.9 Å². The summed E-state index contributed by atoms with van der Waals surface area (Å²) in [4.78, 5) is 25.6. The Kier molecular flexibility index (Phi) is 7.70. The summed E-state index contributed by atoms with van der Waals surface area (Å²) >= 11 is 0. The fourth-order valence-corrected chi connectivity index (χ4v) is 3.06. The molecule has 0 aliphatic heterocycles. The highest BCUT2D eigenvalue weighted by molar-refractivity contribution is 5.97. The molecule has 0 saturated heterocycles. The molecule has 32 heavy (non-hydrogen) atoms. The van der Waals surface area contributed by atoms with Crippen molar-refractivity contribution in [2.24, 2.45) is 0 Å². The molecule has 0 aliphatic rings. The number of hydrogen-bond acceptors (Lipinski definition) is 6. The van der Waals surface area contributed by atoms with E-state index in [-0.39, 0.29) is 6.61 Å². The molecule has 0 radical (unpaired) electrons. The van der Waals surface area contributed by atoms with Crippen molar-refractivity contribution in [3.05, 3.63) is 83.9 Å². The number of amides is 1. The molecule has 0 fully saturated rings. The highest BCUT2D eigenvalue weighted by Crippen LogP contribution is 2.28. The van der Waals surface area contributed by atoms with Crippen LogP contribution in [-0.4, -0.2) is 32.7 Å². The Balaban J connectivity index is 1.75. The van der Waals surface area contributed by atoms with Gasteiger partial charge < -0.3 is 24.3 Å². The number of esters is 1. The van der Waals surface area contributed by atoms with Gasteiger partial charge in [0.15, 0.2) is 18.1 Å². The van der Waals surface area contributed by atoms with Crippen molar-refractivity contribution >= 4 is 17.6 Å². The number of aryl methyl sites for hydroxylation is 1. The molecule has 0 bridgehead atoms. The number of rotatable bonds is 9. The molecule has 0 saturated carbocycles. The van der Waals surface area contributed by atoms with Crippen molar-refractivity contribution in [2.45, 2.75) is 13.0 Å². The molecule has 0 spiro atoms. The minimum atomic E-state index is -1.17. The maximum absolute atomic E-state index is 13.1. The molecule has 1 unspecified atom stereocenters. The SMILES string of the molecule is COc1ccc(C)cc1NC(=O)C(OC(=O)COc1ccccc1OC)c1ccccc1. The van der Waals surface area contributed by atoms with Crippen LogP contribution in [-0.2, 0) is 14.3 Å². The maximum Gasteiger partial charge on any atom is 0.345 e. The second kappa shape index (κ2) is 10.9. The topological polar surface area (TPSA) is 83.1 Å². The maximum atomic E-state index is 13.1. The minimum absolute atomic E-state index is 0.384. The van der Waals surface area contributed by atoms with Gasteiger partial charge in [-0.25, -0.2) is 4.79 Å². The van der Waals surface area contributed by atoms with Crippen molar-refractivity contribution in [3.8, 4) is 17.2 Å². The number of carbonyl (C=O) groups excluding carboxylic acids is 2. The zero-order chi connectivity index (χ0) is 22.9. The molecular weight excluding hydrogens is 410 g/mol. The third-order valence-corrected chi connectivity index (χ3v) is 4.62. The Morgan fingerprint density at radius 1 is 0.844 bits per heavy atom. The summed E-state index contributed by atoms with van der Waals surface area (Å²) in [6.45, 7) is 1.52. The van der Waals surface area contributed by atoms with Crippen LogP contribution < -0.4 is 19.5 Å². The van der Waals surface area contributed by atoms with Crippen molar-refractivity contribution in [1.82, 2.24) is 0 Å². The van der Waals surface area contributed by atoms with E-state index in [0.717, 1.165) is 5.56 Å². The van der Waals surface area contributed by atoms with E-state index in [1.807, 2.05) is 19.1 Å². The van der Waals surface area contributed by atoms with Crippen LogP contribution in [0.25, 0.3) is 0 Å². The molecule has 3 rings (SSSR count). The van der Waals surface area contributed by atoms with E-state index in [1.165, 1.54) is 14.2 Å². The van der Waals surface area contributed by atoms with Crippen LogP contribution in [0.3, 0.4) is 0 Å². The predicted octanol–water partition coefficient (Wildman–Crippen LogP) is 4.31. The molecular formula is C25H25NO6. The first-order valence-electron chi connectivity index (χ1n) is 9.97. The lowest BCUT2D eigenvalue weighted by molar-refractivity contribution is -0.156. The Morgan fingerprint density at radius 2 is 1.50 bits per heavy atom.